The van der Waals surface area contributed by atoms with Crippen LogP contribution in [-0.4, -0.2) is 9.78 Å². The summed E-state index contributed by atoms with van der Waals surface area (Å²) in [5.41, 5.74) is 8.84. The molecule has 0 amide bonds. The monoisotopic (exact) mass is 314 g/mol. The Hall–Kier alpha value is -2.83. The Morgan fingerprint density at radius 2 is 1.71 bits per heavy atom. The quantitative estimate of drug-likeness (QED) is 0.579. The molecule has 2 aromatic carbocycles. The van der Waals surface area contributed by atoms with Gasteiger partial charge >= 0.3 is 0 Å². The van der Waals surface area contributed by atoms with Crippen molar-refractivity contribution in [3.63, 3.8) is 0 Å². The fourth-order valence-electron chi connectivity index (χ4n) is 2.94. The Balaban J connectivity index is 1.98. The minimum Gasteiger partial charge on any atom is -0.264 e. The van der Waals surface area contributed by atoms with Crippen molar-refractivity contribution in [2.24, 2.45) is 0 Å². The second kappa shape index (κ2) is 7.16. The first-order valence-electron chi connectivity index (χ1n) is 8.20. The second-order valence-electron chi connectivity index (χ2n) is 6.04. The SMILES string of the molecule is C=C=C(C)[C@H](Cc1ccccc1)n1cc(-c2ccccc2)c(C)n1. The number of hydrogen-bond donors (Lipinski definition) is 0. The van der Waals surface area contributed by atoms with E-state index < -0.39 is 0 Å². The van der Waals surface area contributed by atoms with Crippen LogP contribution in [0.1, 0.15) is 24.2 Å². The maximum absolute atomic E-state index is 4.78. The highest BCUT2D eigenvalue weighted by Gasteiger charge is 2.17. The number of benzene rings is 2. The molecule has 1 heterocycles. The molecule has 0 saturated carbocycles. The van der Waals surface area contributed by atoms with Crippen LogP contribution in [0.5, 0.6) is 0 Å². The van der Waals surface area contributed by atoms with Gasteiger partial charge in [0.25, 0.3) is 0 Å². The van der Waals surface area contributed by atoms with E-state index in [2.05, 4.69) is 85.6 Å². The summed E-state index contributed by atoms with van der Waals surface area (Å²) < 4.78 is 2.05. The average Bonchev–Trinajstić information content (AvgIpc) is 3.02. The predicted octanol–water partition coefficient (Wildman–Crippen LogP) is 5.37. The standard InChI is InChI=1S/C22H22N2/c1-4-17(2)22(15-19-11-7-5-8-12-19)24-16-21(18(3)23-24)20-13-9-6-10-14-20/h5-14,16,22H,1,15H2,2-3H3/t22-/m0/s1. The van der Waals surface area contributed by atoms with Gasteiger partial charge in [-0.15, -0.1) is 5.73 Å². The summed E-state index contributed by atoms with van der Waals surface area (Å²) >= 11 is 0. The molecule has 0 spiro atoms. The number of aromatic nitrogens is 2. The van der Waals surface area contributed by atoms with E-state index in [-0.39, 0.29) is 6.04 Å². The third-order valence-corrected chi connectivity index (χ3v) is 4.37. The van der Waals surface area contributed by atoms with Gasteiger partial charge in [0.15, 0.2) is 0 Å². The Kier molecular flexibility index (Phi) is 4.79. The van der Waals surface area contributed by atoms with Crippen LogP contribution in [0.25, 0.3) is 11.1 Å². The molecule has 3 rings (SSSR count). The van der Waals surface area contributed by atoms with Crippen molar-refractivity contribution >= 4 is 0 Å². The van der Waals surface area contributed by atoms with Crippen LogP contribution >= 0.6 is 0 Å². The molecule has 1 atom stereocenters. The van der Waals surface area contributed by atoms with Crippen molar-refractivity contribution in [2.75, 3.05) is 0 Å². The van der Waals surface area contributed by atoms with E-state index in [9.17, 15) is 0 Å². The Labute approximate surface area is 143 Å². The molecule has 2 heteroatoms. The van der Waals surface area contributed by atoms with Crippen molar-refractivity contribution in [1.82, 2.24) is 9.78 Å². The van der Waals surface area contributed by atoms with E-state index >= 15 is 0 Å². The van der Waals surface area contributed by atoms with Crippen LogP contribution in [0.4, 0.5) is 0 Å². The zero-order chi connectivity index (χ0) is 16.9. The summed E-state index contributed by atoms with van der Waals surface area (Å²) in [5, 5.41) is 4.78. The predicted molar refractivity (Wildman–Crippen MR) is 99.9 cm³/mol. The second-order valence-corrected chi connectivity index (χ2v) is 6.04. The molecule has 0 aliphatic heterocycles. The number of allylic oxidation sites excluding steroid dienone is 1. The van der Waals surface area contributed by atoms with Crippen molar-refractivity contribution < 1.29 is 0 Å². The van der Waals surface area contributed by atoms with Gasteiger partial charge in [-0.1, -0.05) is 67.2 Å². The highest BCUT2D eigenvalue weighted by atomic mass is 15.3. The Bertz CT molecular complexity index is 854. The summed E-state index contributed by atoms with van der Waals surface area (Å²) in [4.78, 5) is 0. The molecule has 24 heavy (non-hydrogen) atoms. The maximum atomic E-state index is 4.78. The van der Waals surface area contributed by atoms with Gasteiger partial charge in [0.05, 0.1) is 11.7 Å². The van der Waals surface area contributed by atoms with E-state index in [1.54, 1.807) is 0 Å². The summed E-state index contributed by atoms with van der Waals surface area (Å²) in [6.07, 6.45) is 3.02. The van der Waals surface area contributed by atoms with Crippen LogP contribution in [-0.2, 0) is 6.42 Å². The number of aryl methyl sites for hydroxylation is 1. The lowest BCUT2D eigenvalue weighted by atomic mass is 10.0. The van der Waals surface area contributed by atoms with Gasteiger partial charge in [-0.3, -0.25) is 4.68 Å². The molecule has 0 N–H and O–H groups in total. The van der Waals surface area contributed by atoms with Gasteiger partial charge in [0.1, 0.15) is 0 Å². The molecule has 0 unspecified atom stereocenters. The minimum absolute atomic E-state index is 0.126. The lowest BCUT2D eigenvalue weighted by Gasteiger charge is -2.17. The topological polar surface area (TPSA) is 17.8 Å². The molecule has 0 bridgehead atoms. The van der Waals surface area contributed by atoms with Gasteiger partial charge in [-0.25, -0.2) is 0 Å². The summed E-state index contributed by atoms with van der Waals surface area (Å²) in [6, 6.07) is 21.0. The van der Waals surface area contributed by atoms with Crippen molar-refractivity contribution in [2.45, 2.75) is 26.3 Å². The third-order valence-electron chi connectivity index (χ3n) is 4.37. The summed E-state index contributed by atoms with van der Waals surface area (Å²) in [6.45, 7) is 7.96. The molecule has 2 nitrogen and oxygen atoms in total. The van der Waals surface area contributed by atoms with Gasteiger partial charge in [0, 0.05) is 11.8 Å². The third kappa shape index (κ3) is 3.40. The highest BCUT2D eigenvalue weighted by molar-refractivity contribution is 5.64. The fourth-order valence-corrected chi connectivity index (χ4v) is 2.94. The summed E-state index contributed by atoms with van der Waals surface area (Å²) in [7, 11) is 0. The molecule has 3 aromatic rings. The van der Waals surface area contributed by atoms with E-state index in [1.165, 1.54) is 16.7 Å². The number of nitrogens with zero attached hydrogens (tertiary/aromatic N) is 2. The molecule has 0 saturated heterocycles. The molecular formula is C22H22N2. The van der Waals surface area contributed by atoms with Crippen LogP contribution in [0.15, 0.2) is 84.7 Å². The van der Waals surface area contributed by atoms with Crippen LogP contribution < -0.4 is 0 Å². The molecule has 0 fully saturated rings. The van der Waals surface area contributed by atoms with E-state index in [1.807, 2.05) is 12.1 Å². The zero-order valence-electron chi connectivity index (χ0n) is 14.2. The van der Waals surface area contributed by atoms with Gasteiger partial charge in [0.2, 0.25) is 0 Å². The van der Waals surface area contributed by atoms with E-state index in [4.69, 9.17) is 5.10 Å². The lowest BCUT2D eigenvalue weighted by Crippen LogP contribution is -2.14. The number of rotatable bonds is 5. The van der Waals surface area contributed by atoms with Gasteiger partial charge < -0.3 is 0 Å². The summed E-state index contributed by atoms with van der Waals surface area (Å²) in [5.74, 6) is 0. The largest absolute Gasteiger partial charge is 0.264 e. The van der Waals surface area contributed by atoms with Crippen LogP contribution in [0, 0.1) is 6.92 Å². The highest BCUT2D eigenvalue weighted by Crippen LogP contribution is 2.27. The first-order valence-corrected chi connectivity index (χ1v) is 8.20. The molecule has 0 aliphatic carbocycles. The fraction of sp³-hybridized carbons (Fsp3) is 0.182. The zero-order valence-corrected chi connectivity index (χ0v) is 14.2. The van der Waals surface area contributed by atoms with Gasteiger partial charge in [-0.2, -0.15) is 5.10 Å². The normalized spacial score (nSPS) is 11.8. The Morgan fingerprint density at radius 3 is 2.33 bits per heavy atom. The van der Waals surface area contributed by atoms with Crippen molar-refractivity contribution in [3.05, 3.63) is 96.0 Å². The van der Waals surface area contributed by atoms with Crippen molar-refractivity contribution in [3.8, 4) is 11.1 Å². The molecule has 0 radical (unpaired) electrons. The molecular weight excluding hydrogens is 292 g/mol. The van der Waals surface area contributed by atoms with E-state index in [0.29, 0.717) is 0 Å². The Morgan fingerprint density at radius 1 is 1.08 bits per heavy atom. The van der Waals surface area contributed by atoms with E-state index in [0.717, 1.165) is 17.7 Å². The smallest absolute Gasteiger partial charge is 0.0839 e. The maximum Gasteiger partial charge on any atom is 0.0839 e. The number of hydrogen-bond acceptors (Lipinski definition) is 1. The van der Waals surface area contributed by atoms with Gasteiger partial charge in [-0.05, 0) is 37.0 Å². The minimum atomic E-state index is 0.126. The molecule has 0 aliphatic rings. The molecule has 120 valence electrons. The van der Waals surface area contributed by atoms with Crippen LogP contribution in [0.3, 0.4) is 0 Å². The molecule has 1 aromatic heterocycles. The first kappa shape index (κ1) is 16.0. The first-order chi connectivity index (χ1) is 11.7. The average molecular weight is 314 g/mol. The van der Waals surface area contributed by atoms with Crippen LogP contribution in [0.2, 0.25) is 0 Å². The van der Waals surface area contributed by atoms with Crippen molar-refractivity contribution in [1.29, 1.82) is 0 Å². The lowest BCUT2D eigenvalue weighted by molar-refractivity contribution is 0.509.